The standard InChI is InChI=1S/C25H22N6O3/c1-12-4-5-16-15(9-29-31-16)19(12)13-8-14-22-17(34-23(14)20(21(13)27)24(28)32)6-7-18(30-22)33-11-25(2,3)10-26/h4-9H,11,27H2,1-3H3,(H2,28,32)(H,29,31). The Labute approximate surface area is 194 Å². The van der Waals surface area contributed by atoms with Crippen LogP contribution in [0.15, 0.2) is 40.9 Å². The van der Waals surface area contributed by atoms with Crippen LogP contribution in [0.25, 0.3) is 44.1 Å². The van der Waals surface area contributed by atoms with Crippen LogP contribution in [0.4, 0.5) is 5.69 Å². The van der Waals surface area contributed by atoms with E-state index in [2.05, 4.69) is 21.3 Å². The van der Waals surface area contributed by atoms with Crippen LogP contribution in [0.1, 0.15) is 29.8 Å². The van der Waals surface area contributed by atoms with E-state index in [0.717, 1.165) is 22.0 Å². The lowest BCUT2D eigenvalue weighted by molar-refractivity contribution is 0.100. The van der Waals surface area contributed by atoms with Gasteiger partial charge in [0.2, 0.25) is 5.88 Å². The summed E-state index contributed by atoms with van der Waals surface area (Å²) in [6.07, 6.45) is 1.72. The third-order valence-corrected chi connectivity index (χ3v) is 5.85. The third kappa shape index (κ3) is 3.28. The number of primary amides is 1. The number of amides is 1. The van der Waals surface area contributed by atoms with Gasteiger partial charge in [-0.2, -0.15) is 10.4 Å². The van der Waals surface area contributed by atoms with Crippen LogP contribution < -0.4 is 16.2 Å². The number of rotatable bonds is 5. The number of nitrogens with one attached hydrogen (secondary N) is 1. The molecule has 0 saturated carbocycles. The highest BCUT2D eigenvalue weighted by Gasteiger charge is 2.24. The van der Waals surface area contributed by atoms with Crippen molar-refractivity contribution in [2.45, 2.75) is 20.8 Å². The number of pyridine rings is 1. The molecule has 0 spiro atoms. The van der Waals surface area contributed by atoms with Crippen LogP contribution in [0.3, 0.4) is 0 Å². The lowest BCUT2D eigenvalue weighted by Crippen LogP contribution is -2.19. The quantitative estimate of drug-likeness (QED) is 0.331. The van der Waals surface area contributed by atoms with Crippen molar-refractivity contribution in [1.82, 2.24) is 15.2 Å². The van der Waals surface area contributed by atoms with Crippen molar-refractivity contribution in [3.8, 4) is 23.1 Å². The Morgan fingerprint density at radius 1 is 1.26 bits per heavy atom. The minimum absolute atomic E-state index is 0.0958. The van der Waals surface area contributed by atoms with Crippen LogP contribution in [0.5, 0.6) is 5.88 Å². The first-order valence-electron chi connectivity index (χ1n) is 10.6. The van der Waals surface area contributed by atoms with Gasteiger partial charge in [-0.3, -0.25) is 9.89 Å². The summed E-state index contributed by atoms with van der Waals surface area (Å²) in [6.45, 7) is 5.70. The number of aromatic amines is 1. The van der Waals surface area contributed by atoms with Gasteiger partial charge in [0.05, 0.1) is 28.9 Å². The van der Waals surface area contributed by atoms with E-state index in [1.807, 2.05) is 25.1 Å². The van der Waals surface area contributed by atoms with Gasteiger partial charge in [0.1, 0.15) is 17.7 Å². The second kappa shape index (κ2) is 7.49. The van der Waals surface area contributed by atoms with E-state index in [9.17, 15) is 10.1 Å². The summed E-state index contributed by atoms with van der Waals surface area (Å²) in [4.78, 5) is 17.1. The van der Waals surface area contributed by atoms with Gasteiger partial charge in [0, 0.05) is 22.4 Å². The van der Waals surface area contributed by atoms with E-state index in [1.165, 1.54) is 0 Å². The van der Waals surface area contributed by atoms with Crippen LogP contribution in [-0.4, -0.2) is 27.7 Å². The summed E-state index contributed by atoms with van der Waals surface area (Å²) in [5, 5.41) is 17.8. The minimum Gasteiger partial charge on any atom is -0.476 e. The lowest BCUT2D eigenvalue weighted by Gasteiger charge is -2.15. The van der Waals surface area contributed by atoms with Crippen molar-refractivity contribution in [1.29, 1.82) is 5.26 Å². The molecule has 0 aliphatic carbocycles. The summed E-state index contributed by atoms with van der Waals surface area (Å²) in [6, 6.07) is 11.3. The summed E-state index contributed by atoms with van der Waals surface area (Å²) in [5.41, 5.74) is 16.4. The summed E-state index contributed by atoms with van der Waals surface area (Å²) < 4.78 is 11.7. The fourth-order valence-corrected chi connectivity index (χ4v) is 4.08. The number of carbonyl (C=O) groups is 1. The molecule has 5 rings (SSSR count). The molecule has 0 unspecified atom stereocenters. The second-order valence-electron chi connectivity index (χ2n) is 8.93. The molecular formula is C25H22N6O3. The van der Waals surface area contributed by atoms with Crippen LogP contribution in [-0.2, 0) is 0 Å². The third-order valence-electron chi connectivity index (χ3n) is 5.85. The van der Waals surface area contributed by atoms with Gasteiger partial charge in [-0.25, -0.2) is 4.98 Å². The fraction of sp³-hybridized carbons (Fsp3) is 0.200. The van der Waals surface area contributed by atoms with Gasteiger partial charge < -0.3 is 20.6 Å². The molecule has 5 N–H and O–H groups in total. The first kappa shape index (κ1) is 21.3. The Balaban J connectivity index is 1.78. The number of furan rings is 1. The Hall–Kier alpha value is -4.58. The molecule has 34 heavy (non-hydrogen) atoms. The SMILES string of the molecule is Cc1ccc2[nH]ncc2c1-c1cc2c(oc3ccc(OCC(C)(C)C#N)nc32)c(C(N)=O)c1N. The molecule has 0 aliphatic heterocycles. The lowest BCUT2D eigenvalue weighted by atomic mass is 9.92. The first-order valence-corrected chi connectivity index (χ1v) is 10.6. The van der Waals surface area contributed by atoms with Gasteiger partial charge in [-0.05, 0) is 50.1 Å². The Morgan fingerprint density at radius 2 is 2.06 bits per heavy atom. The number of hydrogen-bond donors (Lipinski definition) is 3. The molecule has 9 heteroatoms. The molecule has 0 fully saturated rings. The molecular weight excluding hydrogens is 432 g/mol. The van der Waals surface area contributed by atoms with Crippen molar-refractivity contribution in [3.63, 3.8) is 0 Å². The number of ether oxygens (including phenoxy) is 1. The highest BCUT2D eigenvalue weighted by atomic mass is 16.5. The average molecular weight is 454 g/mol. The molecule has 3 aromatic heterocycles. The van der Waals surface area contributed by atoms with E-state index in [-0.39, 0.29) is 23.4 Å². The fourth-order valence-electron chi connectivity index (χ4n) is 4.08. The average Bonchev–Trinajstić information content (AvgIpc) is 3.41. The van der Waals surface area contributed by atoms with Crippen molar-refractivity contribution in [3.05, 3.63) is 47.7 Å². The number of nitrogens with zero attached hydrogens (tertiary/aromatic N) is 3. The first-order chi connectivity index (χ1) is 16.2. The maximum atomic E-state index is 12.5. The molecule has 0 aliphatic rings. The van der Waals surface area contributed by atoms with Gasteiger partial charge in [0.25, 0.3) is 5.91 Å². The number of benzene rings is 2. The summed E-state index contributed by atoms with van der Waals surface area (Å²) in [7, 11) is 0. The van der Waals surface area contributed by atoms with Gasteiger partial charge >= 0.3 is 0 Å². The molecule has 3 heterocycles. The van der Waals surface area contributed by atoms with Crippen LogP contribution >= 0.6 is 0 Å². The highest BCUT2D eigenvalue weighted by molar-refractivity contribution is 6.18. The molecule has 0 bridgehead atoms. The van der Waals surface area contributed by atoms with Crippen molar-refractivity contribution in [2.24, 2.45) is 11.1 Å². The molecule has 5 aromatic rings. The largest absolute Gasteiger partial charge is 0.476 e. The number of anilines is 1. The van der Waals surface area contributed by atoms with Crippen molar-refractivity contribution < 1.29 is 13.9 Å². The van der Waals surface area contributed by atoms with Gasteiger partial charge in [-0.15, -0.1) is 0 Å². The number of carbonyl (C=O) groups excluding carboxylic acids is 1. The number of nitrogens with two attached hydrogens (primary N) is 2. The predicted octanol–water partition coefficient (Wildman–Crippen LogP) is 4.44. The van der Waals surface area contributed by atoms with E-state index in [0.29, 0.717) is 27.9 Å². The summed E-state index contributed by atoms with van der Waals surface area (Å²) >= 11 is 0. The smallest absolute Gasteiger partial charge is 0.254 e. The second-order valence-corrected chi connectivity index (χ2v) is 8.93. The molecule has 2 aromatic carbocycles. The zero-order valence-corrected chi connectivity index (χ0v) is 18.9. The molecule has 170 valence electrons. The topological polar surface area (TPSA) is 157 Å². The maximum Gasteiger partial charge on any atom is 0.254 e. The van der Waals surface area contributed by atoms with Gasteiger partial charge in [-0.1, -0.05) is 6.07 Å². The number of aromatic nitrogens is 3. The molecule has 9 nitrogen and oxygen atoms in total. The van der Waals surface area contributed by atoms with Crippen LogP contribution in [0, 0.1) is 23.7 Å². The normalized spacial score (nSPS) is 11.8. The number of hydrogen-bond acceptors (Lipinski definition) is 7. The maximum absolute atomic E-state index is 12.5. The molecule has 0 saturated heterocycles. The molecule has 1 amide bonds. The van der Waals surface area contributed by atoms with Gasteiger partial charge in [0.15, 0.2) is 11.2 Å². The van der Waals surface area contributed by atoms with Crippen LogP contribution in [0.2, 0.25) is 0 Å². The highest BCUT2D eigenvalue weighted by Crippen LogP contribution is 2.42. The predicted molar refractivity (Wildman–Crippen MR) is 129 cm³/mol. The number of H-pyrrole nitrogens is 1. The zero-order chi connectivity index (χ0) is 24.2. The molecule has 0 radical (unpaired) electrons. The van der Waals surface area contributed by atoms with Crippen molar-refractivity contribution >= 4 is 44.6 Å². The Morgan fingerprint density at radius 3 is 2.79 bits per heavy atom. The number of fused-ring (bicyclic) bond motifs is 4. The summed E-state index contributed by atoms with van der Waals surface area (Å²) in [5.74, 6) is -0.363. The Kier molecular flexibility index (Phi) is 4.69. The van der Waals surface area contributed by atoms with Crippen molar-refractivity contribution in [2.75, 3.05) is 12.3 Å². The monoisotopic (exact) mass is 454 g/mol. The molecule has 0 atom stereocenters. The minimum atomic E-state index is -0.701. The van der Waals surface area contributed by atoms with E-state index in [4.69, 9.17) is 20.6 Å². The van der Waals surface area contributed by atoms with E-state index >= 15 is 0 Å². The Bertz CT molecular complexity index is 1650. The number of nitrogen functional groups attached to an aromatic ring is 1. The van der Waals surface area contributed by atoms with E-state index in [1.54, 1.807) is 32.2 Å². The van der Waals surface area contributed by atoms with E-state index < -0.39 is 11.3 Å². The number of aryl methyl sites for hydroxylation is 1. The zero-order valence-electron chi connectivity index (χ0n) is 18.9. The number of nitriles is 1.